The zero-order valence-electron chi connectivity index (χ0n) is 6.95. The van der Waals surface area contributed by atoms with Crippen molar-refractivity contribution in [3.05, 3.63) is 0 Å². The number of hydrogen-bond acceptors (Lipinski definition) is 2. The lowest BCUT2D eigenvalue weighted by atomic mass is 10.0. The van der Waals surface area contributed by atoms with Gasteiger partial charge in [-0.05, 0) is 25.8 Å². The summed E-state index contributed by atoms with van der Waals surface area (Å²) in [7, 11) is 0. The fourth-order valence-electron chi connectivity index (χ4n) is 1.53. The van der Waals surface area contributed by atoms with Crippen LogP contribution < -0.4 is 0 Å². The molecule has 1 heterocycles. The largest absolute Gasteiger partial charge is 0.393 e. The molecular weight excluding hydrogens is 138 g/mol. The smallest absolute Gasteiger partial charge is 0.0599 e. The van der Waals surface area contributed by atoms with Crippen LogP contribution in [0, 0.1) is 18.3 Å². The van der Waals surface area contributed by atoms with Gasteiger partial charge in [0.1, 0.15) is 0 Å². The highest BCUT2D eigenvalue weighted by molar-refractivity contribution is 4.91. The van der Waals surface area contributed by atoms with Crippen molar-refractivity contribution in [2.75, 3.05) is 19.6 Å². The van der Waals surface area contributed by atoms with Gasteiger partial charge in [0.2, 0.25) is 0 Å². The summed E-state index contributed by atoms with van der Waals surface area (Å²) in [6.45, 7) is 4.58. The maximum absolute atomic E-state index is 9.26. The molecule has 0 saturated carbocycles. The summed E-state index contributed by atoms with van der Waals surface area (Å²) in [6.07, 6.45) is 6.08. The van der Waals surface area contributed by atoms with E-state index in [9.17, 15) is 5.11 Å². The van der Waals surface area contributed by atoms with Crippen molar-refractivity contribution in [2.45, 2.75) is 19.4 Å². The molecule has 0 aliphatic carbocycles. The number of likely N-dealkylation sites (tertiary alicyclic amines) is 1. The van der Waals surface area contributed by atoms with Gasteiger partial charge in [0.15, 0.2) is 0 Å². The van der Waals surface area contributed by atoms with E-state index in [0.29, 0.717) is 5.92 Å². The quantitative estimate of drug-likeness (QED) is 0.578. The van der Waals surface area contributed by atoms with Gasteiger partial charge in [-0.1, -0.05) is 5.92 Å². The van der Waals surface area contributed by atoms with Crippen molar-refractivity contribution in [1.82, 2.24) is 4.90 Å². The maximum Gasteiger partial charge on any atom is 0.0599 e. The lowest BCUT2D eigenvalue weighted by molar-refractivity contribution is 0.129. The fourth-order valence-corrected chi connectivity index (χ4v) is 1.53. The zero-order chi connectivity index (χ0) is 8.27. The Morgan fingerprint density at radius 3 is 3.00 bits per heavy atom. The molecule has 0 aromatic rings. The van der Waals surface area contributed by atoms with Crippen LogP contribution in [0.2, 0.25) is 0 Å². The van der Waals surface area contributed by atoms with Crippen molar-refractivity contribution in [3.63, 3.8) is 0 Å². The second-order valence-electron chi connectivity index (χ2n) is 3.23. The van der Waals surface area contributed by atoms with E-state index in [0.717, 1.165) is 26.1 Å². The van der Waals surface area contributed by atoms with E-state index in [1.165, 1.54) is 0 Å². The summed E-state index contributed by atoms with van der Waals surface area (Å²) in [5.41, 5.74) is 0. The van der Waals surface area contributed by atoms with Crippen LogP contribution >= 0.6 is 0 Å². The van der Waals surface area contributed by atoms with Crippen molar-refractivity contribution in [3.8, 4) is 12.3 Å². The third kappa shape index (κ3) is 2.21. The van der Waals surface area contributed by atoms with E-state index in [1.54, 1.807) is 0 Å². The molecule has 0 bridgehead atoms. The summed E-state index contributed by atoms with van der Waals surface area (Å²) < 4.78 is 0. The van der Waals surface area contributed by atoms with Gasteiger partial charge in [-0.25, -0.2) is 0 Å². The second-order valence-corrected chi connectivity index (χ2v) is 3.23. The SMILES string of the molecule is C#CCN1CCC(C(C)O)C1. The molecular formula is C9H15NO. The highest BCUT2D eigenvalue weighted by atomic mass is 16.3. The van der Waals surface area contributed by atoms with Gasteiger partial charge in [0.25, 0.3) is 0 Å². The minimum atomic E-state index is -0.183. The Balaban J connectivity index is 2.30. The number of rotatable bonds is 2. The fraction of sp³-hybridized carbons (Fsp3) is 0.778. The molecule has 62 valence electrons. The topological polar surface area (TPSA) is 23.5 Å². The molecule has 1 aliphatic heterocycles. The van der Waals surface area contributed by atoms with Crippen LogP contribution in [0.3, 0.4) is 0 Å². The third-order valence-electron chi connectivity index (χ3n) is 2.31. The Morgan fingerprint density at radius 1 is 1.82 bits per heavy atom. The van der Waals surface area contributed by atoms with E-state index >= 15 is 0 Å². The minimum Gasteiger partial charge on any atom is -0.393 e. The van der Waals surface area contributed by atoms with Crippen LogP contribution in [0.25, 0.3) is 0 Å². The van der Waals surface area contributed by atoms with Crippen LogP contribution in [0.4, 0.5) is 0 Å². The Morgan fingerprint density at radius 2 is 2.55 bits per heavy atom. The normalized spacial score (nSPS) is 28.3. The van der Waals surface area contributed by atoms with Gasteiger partial charge in [-0.3, -0.25) is 4.90 Å². The Bertz CT molecular complexity index is 159. The second kappa shape index (κ2) is 3.75. The molecule has 1 N–H and O–H groups in total. The molecule has 2 heteroatoms. The molecule has 11 heavy (non-hydrogen) atoms. The molecule has 0 spiro atoms. The number of aliphatic hydroxyl groups excluding tert-OH is 1. The Labute approximate surface area is 68.2 Å². The molecule has 2 nitrogen and oxygen atoms in total. The van der Waals surface area contributed by atoms with Gasteiger partial charge < -0.3 is 5.11 Å². The maximum atomic E-state index is 9.26. The van der Waals surface area contributed by atoms with Crippen LogP contribution in [0.15, 0.2) is 0 Å². The molecule has 1 fully saturated rings. The molecule has 1 rings (SSSR count). The summed E-state index contributed by atoms with van der Waals surface area (Å²) in [6, 6.07) is 0. The number of aliphatic hydroxyl groups is 1. The number of hydrogen-bond donors (Lipinski definition) is 1. The minimum absolute atomic E-state index is 0.183. The van der Waals surface area contributed by atoms with Crippen molar-refractivity contribution in [2.24, 2.45) is 5.92 Å². The lowest BCUT2D eigenvalue weighted by Crippen LogP contribution is -2.24. The molecule has 0 amide bonds. The molecule has 0 aromatic heterocycles. The predicted octanol–water partition coefficient (Wildman–Crippen LogP) is 0.322. The van der Waals surface area contributed by atoms with Gasteiger partial charge in [0.05, 0.1) is 12.6 Å². The summed E-state index contributed by atoms with van der Waals surface area (Å²) in [4.78, 5) is 2.21. The number of terminal acetylenes is 1. The molecule has 1 saturated heterocycles. The van der Waals surface area contributed by atoms with E-state index < -0.39 is 0 Å². The third-order valence-corrected chi connectivity index (χ3v) is 2.31. The van der Waals surface area contributed by atoms with E-state index in [1.807, 2.05) is 6.92 Å². The average Bonchev–Trinajstić information content (AvgIpc) is 2.37. The Hall–Kier alpha value is -0.520. The first-order valence-corrected chi connectivity index (χ1v) is 4.08. The number of nitrogens with zero attached hydrogens (tertiary/aromatic N) is 1. The van der Waals surface area contributed by atoms with E-state index in [2.05, 4.69) is 10.8 Å². The first-order chi connectivity index (χ1) is 5.24. The van der Waals surface area contributed by atoms with Crippen LogP contribution in [0.1, 0.15) is 13.3 Å². The molecule has 0 aromatic carbocycles. The highest BCUT2D eigenvalue weighted by Crippen LogP contribution is 2.18. The van der Waals surface area contributed by atoms with Crippen molar-refractivity contribution >= 4 is 0 Å². The van der Waals surface area contributed by atoms with Crippen molar-refractivity contribution in [1.29, 1.82) is 0 Å². The molecule has 2 unspecified atom stereocenters. The van der Waals surface area contributed by atoms with E-state index in [-0.39, 0.29) is 6.10 Å². The summed E-state index contributed by atoms with van der Waals surface area (Å²) in [5, 5.41) is 9.26. The Kier molecular flexibility index (Phi) is 2.92. The highest BCUT2D eigenvalue weighted by Gasteiger charge is 2.24. The van der Waals surface area contributed by atoms with Gasteiger partial charge in [0, 0.05) is 6.54 Å². The monoisotopic (exact) mass is 153 g/mol. The summed E-state index contributed by atoms with van der Waals surface area (Å²) in [5.74, 6) is 3.05. The van der Waals surface area contributed by atoms with Crippen LogP contribution in [-0.2, 0) is 0 Å². The van der Waals surface area contributed by atoms with Gasteiger partial charge in [-0.2, -0.15) is 0 Å². The average molecular weight is 153 g/mol. The van der Waals surface area contributed by atoms with E-state index in [4.69, 9.17) is 6.42 Å². The van der Waals surface area contributed by atoms with Crippen LogP contribution in [-0.4, -0.2) is 35.7 Å². The lowest BCUT2D eigenvalue weighted by Gasteiger charge is -2.14. The predicted molar refractivity (Wildman–Crippen MR) is 45.1 cm³/mol. The molecule has 2 atom stereocenters. The first-order valence-electron chi connectivity index (χ1n) is 4.08. The first kappa shape index (κ1) is 8.58. The molecule has 0 radical (unpaired) electrons. The van der Waals surface area contributed by atoms with Gasteiger partial charge >= 0.3 is 0 Å². The zero-order valence-corrected chi connectivity index (χ0v) is 6.95. The van der Waals surface area contributed by atoms with Crippen LogP contribution in [0.5, 0.6) is 0 Å². The standard InChI is InChI=1S/C9H15NO/c1-3-5-10-6-4-9(7-10)8(2)11/h1,8-9,11H,4-7H2,2H3. The molecule has 1 aliphatic rings. The van der Waals surface area contributed by atoms with Gasteiger partial charge in [-0.15, -0.1) is 6.42 Å². The summed E-state index contributed by atoms with van der Waals surface area (Å²) >= 11 is 0. The van der Waals surface area contributed by atoms with Crippen molar-refractivity contribution < 1.29 is 5.11 Å².